The Balaban J connectivity index is 2.20. The molecule has 0 aromatic carbocycles. The molecule has 2 aromatic rings. The van der Waals surface area contributed by atoms with E-state index in [4.69, 9.17) is 0 Å². The summed E-state index contributed by atoms with van der Waals surface area (Å²) in [6.45, 7) is 4.16. The Morgan fingerprint density at radius 3 is 2.94 bits per heavy atom. The molecule has 0 aliphatic rings. The third kappa shape index (κ3) is 2.55. The number of aromatic amines is 1. The van der Waals surface area contributed by atoms with Gasteiger partial charge in [0.15, 0.2) is 5.82 Å². The lowest BCUT2D eigenvalue weighted by Gasteiger charge is -2.11. The maximum atomic E-state index is 12.0. The molecule has 0 spiro atoms. The van der Waals surface area contributed by atoms with Gasteiger partial charge in [-0.2, -0.15) is 10.3 Å². The predicted molar refractivity (Wildman–Crippen MR) is 68.1 cm³/mol. The van der Waals surface area contributed by atoms with Gasteiger partial charge in [0, 0.05) is 0 Å². The zero-order valence-electron chi connectivity index (χ0n) is 9.88. The highest BCUT2D eigenvalue weighted by molar-refractivity contribution is 9.10. The maximum absolute atomic E-state index is 12.0. The largest absolute Gasteiger partial charge is 0.375 e. The summed E-state index contributed by atoms with van der Waals surface area (Å²) in [5.74, 6) is 0.509. The van der Waals surface area contributed by atoms with E-state index < -0.39 is 0 Å². The lowest BCUT2D eigenvalue weighted by Crippen LogP contribution is -2.26. The Bertz CT molecular complexity index is 577. The van der Waals surface area contributed by atoms with Crippen LogP contribution in [0.3, 0.4) is 0 Å². The number of hydrogen-bond donors (Lipinski definition) is 2. The average Bonchev–Trinajstić information content (AvgIpc) is 2.83. The molecule has 96 valence electrons. The second-order valence-corrected chi connectivity index (χ2v) is 4.69. The quantitative estimate of drug-likeness (QED) is 0.862. The minimum Gasteiger partial charge on any atom is -0.375 e. The molecule has 0 saturated carbocycles. The third-order valence-corrected chi connectivity index (χ3v) is 3.03. The van der Waals surface area contributed by atoms with Gasteiger partial charge in [-0.25, -0.2) is 4.68 Å². The molecule has 2 N–H and O–H groups in total. The van der Waals surface area contributed by atoms with E-state index in [2.05, 4.69) is 47.0 Å². The molecule has 2 rings (SSSR count). The van der Waals surface area contributed by atoms with Crippen LogP contribution in [0.25, 0.3) is 0 Å². The van der Waals surface area contributed by atoms with Crippen molar-refractivity contribution in [2.24, 2.45) is 0 Å². The number of anilines is 1. The zero-order chi connectivity index (χ0) is 13.1. The van der Waals surface area contributed by atoms with E-state index in [0.29, 0.717) is 22.5 Å². The maximum Gasteiger partial charge on any atom is 0.283 e. The Kier molecular flexibility index (Phi) is 3.70. The Morgan fingerprint density at radius 2 is 2.33 bits per heavy atom. The number of aromatic nitrogens is 6. The van der Waals surface area contributed by atoms with Gasteiger partial charge >= 0.3 is 0 Å². The van der Waals surface area contributed by atoms with E-state index in [9.17, 15) is 4.79 Å². The number of rotatable bonds is 4. The van der Waals surface area contributed by atoms with Crippen LogP contribution in [0, 0.1) is 0 Å². The first-order chi connectivity index (χ1) is 8.59. The lowest BCUT2D eigenvalue weighted by atomic mass is 10.4. The molecule has 0 fully saturated rings. The number of halogens is 1. The highest BCUT2D eigenvalue weighted by atomic mass is 79.9. The van der Waals surface area contributed by atoms with Gasteiger partial charge in [0.2, 0.25) is 0 Å². The first kappa shape index (κ1) is 12.7. The minimum absolute atomic E-state index is 0.0139. The van der Waals surface area contributed by atoms with Gasteiger partial charge in [0.1, 0.15) is 4.47 Å². The Morgan fingerprint density at radius 1 is 1.56 bits per heavy atom. The van der Waals surface area contributed by atoms with Gasteiger partial charge in [0.25, 0.3) is 5.56 Å². The summed E-state index contributed by atoms with van der Waals surface area (Å²) in [6.07, 6.45) is 1.59. The van der Waals surface area contributed by atoms with E-state index in [1.807, 2.05) is 13.8 Å². The van der Waals surface area contributed by atoms with Crippen LogP contribution in [0.5, 0.6) is 0 Å². The van der Waals surface area contributed by atoms with Gasteiger partial charge in [-0.15, -0.1) is 10.2 Å². The second kappa shape index (κ2) is 5.25. The highest BCUT2D eigenvalue weighted by Crippen LogP contribution is 2.17. The fourth-order valence-electron chi connectivity index (χ4n) is 1.37. The van der Waals surface area contributed by atoms with Crippen LogP contribution in [0.2, 0.25) is 0 Å². The fraction of sp³-hybridized carbons (Fsp3) is 0.444. The van der Waals surface area contributed by atoms with E-state index >= 15 is 0 Å². The van der Waals surface area contributed by atoms with Crippen molar-refractivity contribution in [1.29, 1.82) is 0 Å². The summed E-state index contributed by atoms with van der Waals surface area (Å²) in [5, 5.41) is 20.5. The highest BCUT2D eigenvalue weighted by Gasteiger charge is 2.11. The summed E-state index contributed by atoms with van der Waals surface area (Å²) in [5.41, 5.74) is 0.421. The van der Waals surface area contributed by atoms with Crippen molar-refractivity contribution in [1.82, 2.24) is 30.4 Å². The minimum atomic E-state index is -0.178. The summed E-state index contributed by atoms with van der Waals surface area (Å²) in [6, 6.07) is 0.0139. The molecule has 0 unspecified atom stereocenters. The van der Waals surface area contributed by atoms with Gasteiger partial charge < -0.3 is 5.32 Å². The molecule has 0 saturated heterocycles. The predicted octanol–water partition coefficient (Wildman–Crippen LogP) is 0.712. The summed E-state index contributed by atoms with van der Waals surface area (Å²) >= 11 is 3.26. The fourth-order valence-corrected chi connectivity index (χ4v) is 1.79. The second-order valence-electron chi connectivity index (χ2n) is 3.90. The normalized spacial score (nSPS) is 10.9. The van der Waals surface area contributed by atoms with Crippen LogP contribution in [-0.2, 0) is 6.54 Å². The average molecular weight is 314 g/mol. The van der Waals surface area contributed by atoms with Crippen molar-refractivity contribution in [2.45, 2.75) is 26.4 Å². The molecule has 0 bridgehead atoms. The van der Waals surface area contributed by atoms with Crippen molar-refractivity contribution in [3.05, 3.63) is 26.8 Å². The van der Waals surface area contributed by atoms with Crippen molar-refractivity contribution < 1.29 is 0 Å². The van der Waals surface area contributed by atoms with Gasteiger partial charge in [-0.05, 0) is 29.8 Å². The van der Waals surface area contributed by atoms with Crippen LogP contribution in [-0.4, -0.2) is 30.4 Å². The molecule has 0 aliphatic heterocycles. The molecule has 0 atom stereocenters. The number of nitrogens with zero attached hydrogens (tertiary/aromatic N) is 5. The number of nitrogens with one attached hydrogen (secondary N) is 2. The van der Waals surface area contributed by atoms with Gasteiger partial charge in [-0.3, -0.25) is 4.79 Å². The molecule has 18 heavy (non-hydrogen) atoms. The molecule has 0 aliphatic carbocycles. The number of hydrogen-bond acceptors (Lipinski definition) is 6. The van der Waals surface area contributed by atoms with E-state index in [1.165, 1.54) is 4.68 Å². The van der Waals surface area contributed by atoms with E-state index in [1.54, 1.807) is 6.20 Å². The van der Waals surface area contributed by atoms with Crippen LogP contribution in [0.15, 0.2) is 15.5 Å². The first-order valence-electron chi connectivity index (χ1n) is 5.33. The molecule has 0 amide bonds. The third-order valence-electron chi connectivity index (χ3n) is 2.26. The molecule has 2 aromatic heterocycles. The van der Waals surface area contributed by atoms with Crippen molar-refractivity contribution >= 4 is 21.6 Å². The van der Waals surface area contributed by atoms with Crippen LogP contribution < -0.4 is 10.9 Å². The summed E-state index contributed by atoms with van der Waals surface area (Å²) < 4.78 is 1.85. The summed E-state index contributed by atoms with van der Waals surface area (Å²) in [4.78, 5) is 12.0. The van der Waals surface area contributed by atoms with Crippen molar-refractivity contribution in [2.75, 3.05) is 5.32 Å². The number of H-pyrrole nitrogens is 1. The molecule has 2 heterocycles. The molecule has 9 heteroatoms. The standard InChI is InChI=1S/C9H12BrN7O/c1-5(2)17-9(18)8(10)6(3-12-17)11-4-7-13-15-16-14-7/h3,5,11H,4H2,1-2H3,(H,13,14,15,16). The van der Waals surface area contributed by atoms with Gasteiger partial charge in [0.05, 0.1) is 24.5 Å². The summed E-state index contributed by atoms with van der Waals surface area (Å²) in [7, 11) is 0. The molecule has 0 radical (unpaired) electrons. The smallest absolute Gasteiger partial charge is 0.283 e. The van der Waals surface area contributed by atoms with Gasteiger partial charge in [-0.1, -0.05) is 5.21 Å². The van der Waals surface area contributed by atoms with Crippen LogP contribution in [0.4, 0.5) is 5.69 Å². The molecular formula is C9H12BrN7O. The van der Waals surface area contributed by atoms with Crippen LogP contribution >= 0.6 is 15.9 Å². The van der Waals surface area contributed by atoms with E-state index in [-0.39, 0.29) is 11.6 Å². The monoisotopic (exact) mass is 313 g/mol. The Hall–Kier alpha value is -1.77. The SMILES string of the molecule is CC(C)n1ncc(NCc2nn[nH]n2)c(Br)c1=O. The first-order valence-corrected chi connectivity index (χ1v) is 6.12. The molecule has 8 nitrogen and oxygen atoms in total. The lowest BCUT2D eigenvalue weighted by molar-refractivity contribution is 0.501. The van der Waals surface area contributed by atoms with Crippen LogP contribution in [0.1, 0.15) is 25.7 Å². The van der Waals surface area contributed by atoms with Crippen molar-refractivity contribution in [3.63, 3.8) is 0 Å². The van der Waals surface area contributed by atoms with E-state index in [0.717, 1.165) is 0 Å². The molecular weight excluding hydrogens is 302 g/mol. The Labute approximate surface area is 111 Å². The zero-order valence-corrected chi connectivity index (χ0v) is 11.5. The topological polar surface area (TPSA) is 101 Å². The van der Waals surface area contributed by atoms with Crippen molar-refractivity contribution in [3.8, 4) is 0 Å². The number of tetrazole rings is 1.